The number of nitrogen functional groups attached to an aromatic ring is 1. The first kappa shape index (κ1) is 18.3. The monoisotopic (exact) mass is 358 g/mol. The summed E-state index contributed by atoms with van der Waals surface area (Å²) >= 11 is 0. The Kier molecular flexibility index (Phi) is 4.66. The Morgan fingerprint density at radius 2 is 2.08 bits per heavy atom. The molecular weight excluding hydrogens is 332 g/mol. The van der Waals surface area contributed by atoms with Crippen LogP contribution in [0.1, 0.15) is 43.5 Å². The molecule has 1 fully saturated rings. The second-order valence-electron chi connectivity index (χ2n) is 7.48. The minimum Gasteiger partial charge on any atom is -0.385 e. The van der Waals surface area contributed by atoms with Gasteiger partial charge in [-0.2, -0.15) is 0 Å². The molecule has 3 rings (SSSR count). The van der Waals surface area contributed by atoms with Crippen molar-refractivity contribution >= 4 is 34.2 Å². The fourth-order valence-corrected chi connectivity index (χ4v) is 2.84. The number of fused-ring (bicyclic) bond motifs is 1. The second kappa shape index (κ2) is 6.64. The predicted molar refractivity (Wildman–Crippen MR) is 102 cm³/mol. The normalized spacial score (nSPS) is 14.5. The number of carbonyl (C=O) groups is 2. The number of H-pyrrole nitrogens is 1. The van der Waals surface area contributed by atoms with Crippen LogP contribution in [0.4, 0.5) is 11.5 Å². The maximum absolute atomic E-state index is 12.5. The molecule has 1 saturated carbocycles. The van der Waals surface area contributed by atoms with Gasteiger partial charge in [0.1, 0.15) is 5.82 Å². The van der Waals surface area contributed by atoms with Gasteiger partial charge in [-0.05, 0) is 44.9 Å². The average molecular weight is 358 g/mol. The van der Waals surface area contributed by atoms with Gasteiger partial charge in [-0.25, -0.2) is 0 Å². The molecule has 0 unspecified atom stereocenters. The van der Waals surface area contributed by atoms with Crippen molar-refractivity contribution in [3.8, 4) is 0 Å². The van der Waals surface area contributed by atoms with Crippen LogP contribution in [0.15, 0.2) is 18.2 Å². The number of anilines is 2. The maximum atomic E-state index is 12.5. The lowest BCUT2D eigenvalue weighted by molar-refractivity contribution is -0.123. The molecule has 1 aliphatic carbocycles. The lowest BCUT2D eigenvalue weighted by Crippen LogP contribution is -2.35. The summed E-state index contributed by atoms with van der Waals surface area (Å²) in [6.45, 7) is 3.75. The number of amides is 2. The molecule has 7 nitrogen and oxygen atoms in total. The van der Waals surface area contributed by atoms with E-state index in [2.05, 4.69) is 10.3 Å². The molecule has 0 spiro atoms. The fraction of sp³-hybridized carbons (Fsp3) is 0.474. The first-order valence-electron chi connectivity index (χ1n) is 8.75. The van der Waals surface area contributed by atoms with Gasteiger partial charge >= 0.3 is 0 Å². The summed E-state index contributed by atoms with van der Waals surface area (Å²) in [6.07, 6.45) is 2.30. The highest BCUT2D eigenvalue weighted by atomic mass is 16.5. The number of benzene rings is 1. The van der Waals surface area contributed by atoms with Crippen LogP contribution in [-0.4, -0.2) is 42.6 Å². The van der Waals surface area contributed by atoms with Gasteiger partial charge in [0.25, 0.3) is 5.91 Å². The van der Waals surface area contributed by atoms with E-state index < -0.39 is 5.60 Å². The number of aromatic nitrogens is 1. The Morgan fingerprint density at radius 1 is 1.38 bits per heavy atom. The van der Waals surface area contributed by atoms with Gasteiger partial charge in [-0.1, -0.05) is 0 Å². The van der Waals surface area contributed by atoms with E-state index in [4.69, 9.17) is 10.5 Å². The van der Waals surface area contributed by atoms with Crippen LogP contribution in [0.5, 0.6) is 0 Å². The minimum absolute atomic E-state index is 0.0533. The molecule has 2 aromatic rings. The van der Waals surface area contributed by atoms with Gasteiger partial charge in [-0.15, -0.1) is 0 Å². The molecule has 0 aliphatic heterocycles. The first-order chi connectivity index (χ1) is 12.2. The molecule has 0 atom stereocenters. The van der Waals surface area contributed by atoms with Gasteiger partial charge in [-0.3, -0.25) is 9.59 Å². The van der Waals surface area contributed by atoms with Gasteiger partial charge < -0.3 is 25.7 Å². The molecule has 0 radical (unpaired) electrons. The predicted octanol–water partition coefficient (Wildman–Crippen LogP) is 2.42. The molecule has 1 heterocycles. The molecule has 0 bridgehead atoms. The Bertz CT molecular complexity index is 852. The van der Waals surface area contributed by atoms with Crippen molar-refractivity contribution < 1.29 is 14.3 Å². The number of carbonyl (C=O) groups excluding carboxylic acids is 2. The van der Waals surface area contributed by atoms with E-state index in [0.717, 1.165) is 29.4 Å². The fourth-order valence-electron chi connectivity index (χ4n) is 2.84. The summed E-state index contributed by atoms with van der Waals surface area (Å²) in [4.78, 5) is 29.6. The van der Waals surface area contributed by atoms with Gasteiger partial charge in [0.15, 0.2) is 0 Å². The lowest BCUT2D eigenvalue weighted by Gasteiger charge is -2.25. The van der Waals surface area contributed by atoms with Crippen molar-refractivity contribution in [1.29, 1.82) is 0 Å². The summed E-state index contributed by atoms with van der Waals surface area (Å²) in [5.74, 6) is 0.127. The Balaban J connectivity index is 1.85. The van der Waals surface area contributed by atoms with Gasteiger partial charge in [0.05, 0.1) is 17.6 Å². The topological polar surface area (TPSA) is 100 Å². The van der Waals surface area contributed by atoms with E-state index >= 15 is 0 Å². The minimum atomic E-state index is -0.527. The molecule has 2 amide bonds. The zero-order valence-corrected chi connectivity index (χ0v) is 15.7. The SMILES string of the molecule is COC(C)(C)CC(=O)N(C)c1ccc2c(C(=O)NC3CC3)c(N)[nH]c2c1. The van der Waals surface area contributed by atoms with Crippen molar-refractivity contribution in [3.05, 3.63) is 23.8 Å². The zero-order valence-electron chi connectivity index (χ0n) is 15.7. The van der Waals surface area contributed by atoms with Gasteiger partial charge in [0, 0.05) is 36.8 Å². The van der Waals surface area contributed by atoms with Crippen molar-refractivity contribution in [2.24, 2.45) is 0 Å². The standard InChI is InChI=1S/C19H26N4O3/c1-19(2,26-4)10-15(24)23(3)12-7-8-13-14(9-12)22-17(20)16(13)18(25)21-11-5-6-11/h7-9,11,22H,5-6,10,20H2,1-4H3,(H,21,25). The number of rotatable bonds is 6. The van der Waals surface area contributed by atoms with Crippen LogP contribution >= 0.6 is 0 Å². The Labute approximate surface area is 152 Å². The van der Waals surface area contributed by atoms with Crippen LogP contribution in [0, 0.1) is 0 Å². The Morgan fingerprint density at radius 3 is 2.69 bits per heavy atom. The number of aromatic amines is 1. The molecule has 140 valence electrons. The third kappa shape index (κ3) is 3.67. The molecule has 1 aromatic heterocycles. The van der Waals surface area contributed by atoms with Crippen LogP contribution in [0.2, 0.25) is 0 Å². The Hall–Kier alpha value is -2.54. The second-order valence-corrected chi connectivity index (χ2v) is 7.48. The molecular formula is C19H26N4O3. The number of hydrogen-bond acceptors (Lipinski definition) is 4. The highest BCUT2D eigenvalue weighted by Crippen LogP contribution is 2.30. The van der Waals surface area contributed by atoms with Crippen molar-refractivity contribution in [2.75, 3.05) is 24.8 Å². The van der Waals surface area contributed by atoms with Crippen LogP contribution in [0.25, 0.3) is 10.9 Å². The van der Waals surface area contributed by atoms with Crippen LogP contribution < -0.4 is 16.0 Å². The summed E-state index contributed by atoms with van der Waals surface area (Å²) in [7, 11) is 3.32. The van der Waals surface area contributed by atoms with Crippen molar-refractivity contribution in [2.45, 2.75) is 44.8 Å². The van der Waals surface area contributed by atoms with Gasteiger partial charge in [0.2, 0.25) is 5.91 Å². The van der Waals surface area contributed by atoms with Crippen LogP contribution in [-0.2, 0) is 9.53 Å². The van der Waals surface area contributed by atoms with E-state index in [-0.39, 0.29) is 24.3 Å². The highest BCUT2D eigenvalue weighted by molar-refractivity contribution is 6.12. The number of ether oxygens (including phenoxy) is 1. The van der Waals surface area contributed by atoms with Crippen molar-refractivity contribution in [3.63, 3.8) is 0 Å². The molecule has 4 N–H and O–H groups in total. The summed E-state index contributed by atoms with van der Waals surface area (Å²) < 4.78 is 5.33. The number of nitrogens with zero attached hydrogens (tertiary/aromatic N) is 1. The summed E-state index contributed by atoms with van der Waals surface area (Å²) in [5, 5.41) is 3.71. The summed E-state index contributed by atoms with van der Waals surface area (Å²) in [5.41, 5.74) is 7.42. The van der Waals surface area contributed by atoms with Crippen molar-refractivity contribution in [1.82, 2.24) is 10.3 Å². The quantitative estimate of drug-likeness (QED) is 0.738. The maximum Gasteiger partial charge on any atom is 0.255 e. The van der Waals surface area contributed by atoms with E-state index in [1.54, 1.807) is 19.1 Å². The van der Waals surface area contributed by atoms with E-state index in [9.17, 15) is 9.59 Å². The smallest absolute Gasteiger partial charge is 0.255 e. The third-order valence-corrected chi connectivity index (χ3v) is 4.84. The molecule has 1 aliphatic rings. The van der Waals surface area contributed by atoms with E-state index in [1.807, 2.05) is 32.0 Å². The first-order valence-corrected chi connectivity index (χ1v) is 8.75. The largest absolute Gasteiger partial charge is 0.385 e. The summed E-state index contributed by atoms with van der Waals surface area (Å²) in [6, 6.07) is 5.74. The molecule has 26 heavy (non-hydrogen) atoms. The molecule has 1 aromatic carbocycles. The lowest BCUT2D eigenvalue weighted by atomic mass is 10.0. The number of nitrogens with one attached hydrogen (secondary N) is 2. The number of hydrogen-bond donors (Lipinski definition) is 3. The molecule has 0 saturated heterocycles. The molecule has 7 heteroatoms. The average Bonchev–Trinajstić information content (AvgIpc) is 3.32. The van der Waals surface area contributed by atoms with E-state index in [0.29, 0.717) is 11.4 Å². The highest BCUT2D eigenvalue weighted by Gasteiger charge is 2.27. The number of methoxy groups -OCH3 is 1. The number of nitrogens with two attached hydrogens (primary N) is 1. The van der Waals surface area contributed by atoms with Crippen LogP contribution in [0.3, 0.4) is 0 Å². The zero-order chi connectivity index (χ0) is 19.1. The third-order valence-electron chi connectivity index (χ3n) is 4.84. The van der Waals surface area contributed by atoms with E-state index in [1.165, 1.54) is 0 Å².